The zero-order valence-corrected chi connectivity index (χ0v) is 10.1. The van der Waals surface area contributed by atoms with Gasteiger partial charge in [-0.1, -0.05) is 6.92 Å². The van der Waals surface area contributed by atoms with Gasteiger partial charge in [0.05, 0.1) is 0 Å². The van der Waals surface area contributed by atoms with Crippen LogP contribution in [-0.2, 0) is 4.79 Å². The topological polar surface area (TPSA) is 59.1 Å². The highest BCUT2D eigenvalue weighted by molar-refractivity contribution is 7.14. The molecule has 1 fully saturated rings. The predicted octanol–water partition coefficient (Wildman–Crippen LogP) is 2.33. The average molecular weight is 238 g/mol. The van der Waals surface area contributed by atoms with E-state index in [0.717, 1.165) is 12.8 Å². The van der Waals surface area contributed by atoms with E-state index in [2.05, 4.69) is 10.3 Å². The lowest BCUT2D eigenvalue weighted by Gasteiger charge is -2.08. The Morgan fingerprint density at radius 1 is 1.56 bits per heavy atom. The second-order valence-electron chi connectivity index (χ2n) is 4.21. The van der Waals surface area contributed by atoms with Crippen molar-refractivity contribution in [1.82, 2.24) is 4.98 Å². The zero-order valence-electron chi connectivity index (χ0n) is 9.32. The molecule has 1 aromatic rings. The Balaban J connectivity index is 1.97. The number of carbonyl (C=O) groups is 2. The second-order valence-corrected chi connectivity index (χ2v) is 5.07. The van der Waals surface area contributed by atoms with Gasteiger partial charge in [0, 0.05) is 18.2 Å². The number of aromatic nitrogens is 1. The quantitative estimate of drug-likeness (QED) is 0.819. The van der Waals surface area contributed by atoms with Gasteiger partial charge in [-0.2, -0.15) is 0 Å². The number of rotatable bonds is 4. The van der Waals surface area contributed by atoms with E-state index < -0.39 is 0 Å². The number of hydrogen-bond donors (Lipinski definition) is 1. The van der Waals surface area contributed by atoms with Crippen LogP contribution < -0.4 is 5.32 Å². The molecule has 86 valence electrons. The molecule has 1 heterocycles. The average Bonchev–Trinajstić information content (AvgIpc) is 2.97. The van der Waals surface area contributed by atoms with Crippen LogP contribution in [0.3, 0.4) is 0 Å². The standard InChI is InChI=1S/C11H14N2O2S/c1-6(8-3-4-8)10(15)13-11-12-9(5-16-11)7(2)14/h5-6,8H,3-4H2,1-2H3,(H,12,13,15). The van der Waals surface area contributed by atoms with Crippen LogP contribution in [0.25, 0.3) is 0 Å². The molecule has 1 unspecified atom stereocenters. The molecule has 0 aliphatic heterocycles. The number of thiazole rings is 1. The minimum Gasteiger partial charge on any atom is -0.302 e. The van der Waals surface area contributed by atoms with Crippen molar-refractivity contribution in [1.29, 1.82) is 0 Å². The smallest absolute Gasteiger partial charge is 0.229 e. The summed E-state index contributed by atoms with van der Waals surface area (Å²) in [6.45, 7) is 3.40. The van der Waals surface area contributed by atoms with Crippen LogP contribution >= 0.6 is 11.3 Å². The van der Waals surface area contributed by atoms with Crippen molar-refractivity contribution in [3.63, 3.8) is 0 Å². The molecule has 0 bridgehead atoms. The molecule has 16 heavy (non-hydrogen) atoms. The van der Waals surface area contributed by atoms with E-state index in [1.54, 1.807) is 5.38 Å². The summed E-state index contributed by atoms with van der Waals surface area (Å²) in [4.78, 5) is 26.8. The molecule has 0 saturated heterocycles. The molecule has 1 aromatic heterocycles. The SMILES string of the molecule is CC(=O)c1csc(NC(=O)C(C)C2CC2)n1. The highest BCUT2D eigenvalue weighted by atomic mass is 32.1. The van der Waals surface area contributed by atoms with Gasteiger partial charge in [-0.05, 0) is 18.8 Å². The number of nitrogens with one attached hydrogen (secondary N) is 1. The fourth-order valence-electron chi connectivity index (χ4n) is 1.52. The van der Waals surface area contributed by atoms with Crippen LogP contribution in [0.2, 0.25) is 0 Å². The molecule has 1 aliphatic carbocycles. The first kappa shape index (κ1) is 11.3. The van der Waals surface area contributed by atoms with Crippen molar-refractivity contribution < 1.29 is 9.59 Å². The maximum atomic E-state index is 11.7. The molecule has 1 N–H and O–H groups in total. The molecule has 4 nitrogen and oxygen atoms in total. The van der Waals surface area contributed by atoms with Gasteiger partial charge in [-0.3, -0.25) is 9.59 Å². The summed E-state index contributed by atoms with van der Waals surface area (Å²) in [5.41, 5.74) is 0.416. The van der Waals surface area contributed by atoms with Gasteiger partial charge in [0.25, 0.3) is 0 Å². The summed E-state index contributed by atoms with van der Waals surface area (Å²) < 4.78 is 0. The largest absolute Gasteiger partial charge is 0.302 e. The number of carbonyl (C=O) groups excluding carboxylic acids is 2. The number of Topliss-reactive ketones (excluding diaryl/α,β-unsaturated/α-hetero) is 1. The van der Waals surface area contributed by atoms with E-state index in [4.69, 9.17) is 0 Å². The molecule has 2 rings (SSSR count). The number of nitrogens with zero attached hydrogens (tertiary/aromatic N) is 1. The summed E-state index contributed by atoms with van der Waals surface area (Å²) in [5, 5.41) is 4.94. The fourth-order valence-corrected chi connectivity index (χ4v) is 2.27. The van der Waals surface area contributed by atoms with Gasteiger partial charge in [0.15, 0.2) is 10.9 Å². The molecule has 1 aliphatic rings. The maximum Gasteiger partial charge on any atom is 0.229 e. The third-order valence-electron chi connectivity index (χ3n) is 2.84. The van der Waals surface area contributed by atoms with E-state index in [0.29, 0.717) is 16.7 Å². The molecular formula is C11H14N2O2S. The van der Waals surface area contributed by atoms with Crippen LogP contribution in [0.1, 0.15) is 37.2 Å². The van der Waals surface area contributed by atoms with E-state index in [1.165, 1.54) is 18.3 Å². The minimum absolute atomic E-state index is 0.00644. The second kappa shape index (κ2) is 4.33. The molecule has 0 aromatic carbocycles. The van der Waals surface area contributed by atoms with Crippen molar-refractivity contribution >= 4 is 28.2 Å². The Morgan fingerprint density at radius 2 is 2.25 bits per heavy atom. The molecule has 0 spiro atoms. The number of hydrogen-bond acceptors (Lipinski definition) is 4. The fraction of sp³-hybridized carbons (Fsp3) is 0.545. The lowest BCUT2D eigenvalue weighted by atomic mass is 10.1. The van der Waals surface area contributed by atoms with Crippen LogP contribution in [0, 0.1) is 11.8 Å². The summed E-state index contributed by atoms with van der Waals surface area (Å²) in [5.74, 6) is 0.510. The molecule has 1 atom stereocenters. The van der Waals surface area contributed by atoms with Crippen LogP contribution in [0.4, 0.5) is 5.13 Å². The predicted molar refractivity (Wildman–Crippen MR) is 62.6 cm³/mol. The summed E-state index contributed by atoms with van der Waals surface area (Å²) in [7, 11) is 0. The summed E-state index contributed by atoms with van der Waals surface area (Å²) in [6.07, 6.45) is 2.29. The third kappa shape index (κ3) is 2.47. The summed E-state index contributed by atoms with van der Waals surface area (Å²) in [6, 6.07) is 0. The first-order chi connectivity index (χ1) is 7.58. The number of anilines is 1. The zero-order chi connectivity index (χ0) is 11.7. The Hall–Kier alpha value is -1.23. The first-order valence-electron chi connectivity index (χ1n) is 5.35. The molecule has 0 radical (unpaired) electrons. The van der Waals surface area contributed by atoms with Gasteiger partial charge in [-0.25, -0.2) is 4.98 Å². The Labute approximate surface area is 98.1 Å². The van der Waals surface area contributed by atoms with Gasteiger partial charge in [0.2, 0.25) is 5.91 Å². The van der Waals surface area contributed by atoms with Gasteiger partial charge >= 0.3 is 0 Å². The minimum atomic E-state index is -0.0769. The van der Waals surface area contributed by atoms with Crippen molar-refractivity contribution in [2.24, 2.45) is 11.8 Å². The third-order valence-corrected chi connectivity index (χ3v) is 3.60. The Bertz CT molecular complexity index is 423. The van der Waals surface area contributed by atoms with Crippen molar-refractivity contribution in [3.05, 3.63) is 11.1 Å². The Kier molecular flexibility index (Phi) is 3.05. The Morgan fingerprint density at radius 3 is 2.75 bits per heavy atom. The molecular weight excluding hydrogens is 224 g/mol. The van der Waals surface area contributed by atoms with Gasteiger partial charge < -0.3 is 5.32 Å². The lowest BCUT2D eigenvalue weighted by molar-refractivity contribution is -0.119. The lowest BCUT2D eigenvalue weighted by Crippen LogP contribution is -2.21. The first-order valence-corrected chi connectivity index (χ1v) is 6.23. The number of amides is 1. The molecule has 1 amide bonds. The van der Waals surface area contributed by atoms with E-state index >= 15 is 0 Å². The normalized spacial score (nSPS) is 16.9. The van der Waals surface area contributed by atoms with Crippen molar-refractivity contribution in [2.75, 3.05) is 5.32 Å². The van der Waals surface area contributed by atoms with Crippen LogP contribution in [0.15, 0.2) is 5.38 Å². The van der Waals surface area contributed by atoms with Crippen molar-refractivity contribution in [2.45, 2.75) is 26.7 Å². The molecule has 1 saturated carbocycles. The summed E-state index contributed by atoms with van der Waals surface area (Å²) >= 11 is 1.29. The monoisotopic (exact) mass is 238 g/mol. The van der Waals surface area contributed by atoms with E-state index in [-0.39, 0.29) is 17.6 Å². The van der Waals surface area contributed by atoms with Crippen molar-refractivity contribution in [3.8, 4) is 0 Å². The van der Waals surface area contributed by atoms with E-state index in [1.807, 2.05) is 6.92 Å². The number of ketones is 1. The van der Waals surface area contributed by atoms with Crippen LogP contribution in [-0.4, -0.2) is 16.7 Å². The van der Waals surface area contributed by atoms with E-state index in [9.17, 15) is 9.59 Å². The maximum absolute atomic E-state index is 11.7. The molecule has 5 heteroatoms. The highest BCUT2D eigenvalue weighted by Gasteiger charge is 2.32. The van der Waals surface area contributed by atoms with Gasteiger partial charge in [0.1, 0.15) is 5.69 Å². The highest BCUT2D eigenvalue weighted by Crippen LogP contribution is 2.37. The van der Waals surface area contributed by atoms with Crippen LogP contribution in [0.5, 0.6) is 0 Å². The van der Waals surface area contributed by atoms with Gasteiger partial charge in [-0.15, -0.1) is 11.3 Å².